The topological polar surface area (TPSA) is 34.1 Å². The van der Waals surface area contributed by atoms with E-state index in [1.165, 1.54) is 0 Å². The van der Waals surface area contributed by atoms with E-state index in [1.807, 2.05) is 19.1 Å². The third-order valence-electron chi connectivity index (χ3n) is 2.27. The fourth-order valence-corrected chi connectivity index (χ4v) is 3.93. The predicted octanol–water partition coefficient (Wildman–Crippen LogP) is 3.30. The maximum Gasteiger partial charge on any atom is 0.179 e. The highest BCUT2D eigenvalue weighted by Gasteiger charge is 2.17. The summed E-state index contributed by atoms with van der Waals surface area (Å²) in [7, 11) is -3.12. The molecule has 0 radical (unpaired) electrons. The average Bonchev–Trinajstić information content (AvgIpc) is 2.15. The number of sulfone groups is 1. The average molecular weight is 272 g/mol. The third-order valence-corrected chi connectivity index (χ3v) is 5.53. The van der Waals surface area contributed by atoms with Crippen LogP contribution in [-0.4, -0.2) is 24.7 Å². The second kappa shape index (κ2) is 5.44. The molecule has 0 saturated carbocycles. The van der Waals surface area contributed by atoms with Gasteiger partial charge in [0.1, 0.15) is 0 Å². The Balaban J connectivity index is 2.66. The van der Waals surface area contributed by atoms with E-state index in [9.17, 15) is 8.42 Å². The maximum absolute atomic E-state index is 12.0. The Bertz CT molecular complexity index is 453. The highest BCUT2D eigenvalue weighted by atomic mass is 32.2. The summed E-state index contributed by atoms with van der Waals surface area (Å²) in [5.41, 5.74) is 1.08. The van der Waals surface area contributed by atoms with Crippen LogP contribution in [0.4, 0.5) is 0 Å². The summed E-state index contributed by atoms with van der Waals surface area (Å²) in [6.45, 7) is 8.23. The summed E-state index contributed by atoms with van der Waals surface area (Å²) in [6, 6.07) is 7.05. The first-order valence-electron chi connectivity index (χ1n) is 5.64. The molecule has 0 aromatic heterocycles. The Labute approximate surface area is 109 Å². The Morgan fingerprint density at radius 1 is 1.12 bits per heavy atom. The number of benzene rings is 1. The van der Waals surface area contributed by atoms with Crippen molar-refractivity contribution in [2.45, 2.75) is 37.3 Å². The normalized spacial score (nSPS) is 12.7. The van der Waals surface area contributed by atoms with E-state index in [4.69, 9.17) is 0 Å². The smallest absolute Gasteiger partial charge is 0.179 e. The second-order valence-corrected chi connectivity index (χ2v) is 9.12. The van der Waals surface area contributed by atoms with E-state index in [-0.39, 0.29) is 10.5 Å². The summed E-state index contributed by atoms with van der Waals surface area (Å²) in [5.74, 6) is 0.845. The van der Waals surface area contributed by atoms with Crippen molar-refractivity contribution in [3.8, 4) is 0 Å². The summed E-state index contributed by atoms with van der Waals surface area (Å²) in [4.78, 5) is 0.428. The standard InChI is InChI=1S/C13H20O2S2/c1-11-5-7-12(8-6-11)17(14,15)10-9-16-13(2,3)4/h5-8H,9-10H2,1-4H3. The monoisotopic (exact) mass is 272 g/mol. The zero-order chi connectivity index (χ0) is 13.1. The van der Waals surface area contributed by atoms with Gasteiger partial charge in [-0.1, -0.05) is 38.5 Å². The zero-order valence-corrected chi connectivity index (χ0v) is 12.5. The first-order valence-corrected chi connectivity index (χ1v) is 8.28. The predicted molar refractivity (Wildman–Crippen MR) is 75.4 cm³/mol. The molecule has 1 aromatic rings. The fourth-order valence-electron chi connectivity index (χ4n) is 1.32. The molecule has 0 amide bonds. The molecule has 0 aliphatic heterocycles. The Morgan fingerprint density at radius 3 is 2.12 bits per heavy atom. The molecule has 0 bridgehead atoms. The molecule has 1 aromatic carbocycles. The van der Waals surface area contributed by atoms with Crippen molar-refractivity contribution in [2.24, 2.45) is 0 Å². The molecule has 0 aliphatic carbocycles. The van der Waals surface area contributed by atoms with Gasteiger partial charge in [-0.3, -0.25) is 0 Å². The van der Waals surface area contributed by atoms with Crippen molar-refractivity contribution in [1.82, 2.24) is 0 Å². The molecule has 4 heteroatoms. The van der Waals surface area contributed by atoms with Crippen LogP contribution in [0.1, 0.15) is 26.3 Å². The molecule has 0 N–H and O–H groups in total. The highest BCUT2D eigenvalue weighted by Crippen LogP contribution is 2.24. The van der Waals surface area contributed by atoms with Gasteiger partial charge in [-0.15, -0.1) is 0 Å². The highest BCUT2D eigenvalue weighted by molar-refractivity contribution is 8.01. The van der Waals surface area contributed by atoms with Gasteiger partial charge in [0.25, 0.3) is 0 Å². The lowest BCUT2D eigenvalue weighted by Crippen LogP contribution is -2.14. The van der Waals surface area contributed by atoms with E-state index in [2.05, 4.69) is 20.8 Å². The number of thioether (sulfide) groups is 1. The van der Waals surface area contributed by atoms with Crippen LogP contribution in [0, 0.1) is 6.92 Å². The molecule has 2 nitrogen and oxygen atoms in total. The van der Waals surface area contributed by atoms with E-state index >= 15 is 0 Å². The number of hydrogen-bond acceptors (Lipinski definition) is 3. The Kier molecular flexibility index (Phi) is 4.67. The van der Waals surface area contributed by atoms with E-state index in [1.54, 1.807) is 23.9 Å². The van der Waals surface area contributed by atoms with E-state index < -0.39 is 9.84 Å². The first-order chi connectivity index (χ1) is 7.71. The molecule has 0 fully saturated rings. The number of hydrogen-bond donors (Lipinski definition) is 0. The van der Waals surface area contributed by atoms with Crippen LogP contribution in [0.2, 0.25) is 0 Å². The van der Waals surface area contributed by atoms with Crippen molar-refractivity contribution >= 4 is 21.6 Å². The lowest BCUT2D eigenvalue weighted by atomic mass is 10.2. The molecular formula is C13H20O2S2. The second-order valence-electron chi connectivity index (χ2n) is 5.09. The van der Waals surface area contributed by atoms with Crippen LogP contribution in [-0.2, 0) is 9.84 Å². The van der Waals surface area contributed by atoms with Crippen LogP contribution in [0.3, 0.4) is 0 Å². The lowest BCUT2D eigenvalue weighted by molar-refractivity contribution is 0.597. The van der Waals surface area contributed by atoms with Crippen LogP contribution in [0.15, 0.2) is 29.2 Å². The van der Waals surface area contributed by atoms with Crippen molar-refractivity contribution in [3.05, 3.63) is 29.8 Å². The SMILES string of the molecule is Cc1ccc(S(=O)(=O)CCSC(C)(C)C)cc1. The summed E-state index contributed by atoms with van der Waals surface area (Å²) < 4.78 is 24.1. The molecule has 0 unspecified atom stereocenters. The Hall–Kier alpha value is -0.480. The molecule has 0 atom stereocenters. The molecule has 0 aliphatic rings. The van der Waals surface area contributed by atoms with Crippen LogP contribution in [0.25, 0.3) is 0 Å². The fraction of sp³-hybridized carbons (Fsp3) is 0.538. The van der Waals surface area contributed by atoms with Gasteiger partial charge in [0.2, 0.25) is 0 Å². The van der Waals surface area contributed by atoms with Gasteiger partial charge >= 0.3 is 0 Å². The largest absolute Gasteiger partial charge is 0.224 e. The van der Waals surface area contributed by atoms with Crippen molar-refractivity contribution in [3.63, 3.8) is 0 Å². The zero-order valence-electron chi connectivity index (χ0n) is 10.9. The molecule has 1 rings (SSSR count). The van der Waals surface area contributed by atoms with Gasteiger partial charge in [-0.25, -0.2) is 8.42 Å². The van der Waals surface area contributed by atoms with Crippen LogP contribution in [0.5, 0.6) is 0 Å². The lowest BCUT2D eigenvalue weighted by Gasteiger charge is -2.17. The van der Waals surface area contributed by atoms with Crippen molar-refractivity contribution < 1.29 is 8.42 Å². The van der Waals surface area contributed by atoms with Crippen molar-refractivity contribution in [1.29, 1.82) is 0 Å². The Morgan fingerprint density at radius 2 is 1.65 bits per heavy atom. The summed E-state index contributed by atoms with van der Waals surface area (Å²) >= 11 is 1.68. The molecule has 0 spiro atoms. The maximum atomic E-state index is 12.0. The number of aryl methyl sites for hydroxylation is 1. The van der Waals surface area contributed by atoms with Crippen LogP contribution >= 0.6 is 11.8 Å². The molecule has 96 valence electrons. The molecular weight excluding hydrogens is 252 g/mol. The third kappa shape index (κ3) is 5.13. The first kappa shape index (κ1) is 14.6. The van der Waals surface area contributed by atoms with Gasteiger partial charge in [0, 0.05) is 10.5 Å². The number of rotatable bonds is 4. The summed E-state index contributed by atoms with van der Waals surface area (Å²) in [5, 5.41) is 0. The quantitative estimate of drug-likeness (QED) is 0.843. The molecule has 17 heavy (non-hydrogen) atoms. The molecule has 0 heterocycles. The van der Waals surface area contributed by atoms with Gasteiger partial charge < -0.3 is 0 Å². The van der Waals surface area contributed by atoms with E-state index in [0.717, 1.165) is 5.56 Å². The minimum atomic E-state index is -3.12. The van der Waals surface area contributed by atoms with Gasteiger partial charge in [-0.05, 0) is 19.1 Å². The minimum absolute atomic E-state index is 0.114. The van der Waals surface area contributed by atoms with E-state index in [0.29, 0.717) is 10.6 Å². The van der Waals surface area contributed by atoms with Gasteiger partial charge in [0.05, 0.1) is 10.6 Å². The molecule has 0 saturated heterocycles. The van der Waals surface area contributed by atoms with Gasteiger partial charge in [0.15, 0.2) is 9.84 Å². The summed E-state index contributed by atoms with van der Waals surface area (Å²) in [6.07, 6.45) is 0. The van der Waals surface area contributed by atoms with Gasteiger partial charge in [-0.2, -0.15) is 11.8 Å². The van der Waals surface area contributed by atoms with Crippen LogP contribution < -0.4 is 0 Å². The van der Waals surface area contributed by atoms with Crippen molar-refractivity contribution in [2.75, 3.05) is 11.5 Å². The minimum Gasteiger partial charge on any atom is -0.224 e.